The van der Waals surface area contributed by atoms with E-state index < -0.39 is 0 Å². The molecule has 0 radical (unpaired) electrons. The van der Waals surface area contributed by atoms with Crippen LogP contribution in [0.3, 0.4) is 0 Å². The minimum absolute atomic E-state index is 0. The quantitative estimate of drug-likeness (QED) is 0.262. The van der Waals surface area contributed by atoms with E-state index in [4.69, 9.17) is 4.52 Å². The number of aromatic nitrogens is 1. The number of aliphatic imine (C=N–C) groups is 1. The molecule has 1 fully saturated rings. The highest BCUT2D eigenvalue weighted by Crippen LogP contribution is 2.22. The lowest BCUT2D eigenvalue weighted by Gasteiger charge is -2.15. The fourth-order valence-corrected chi connectivity index (χ4v) is 3.52. The van der Waals surface area contributed by atoms with Gasteiger partial charge in [-0.05, 0) is 31.0 Å². The second-order valence-electron chi connectivity index (χ2n) is 7.41. The summed E-state index contributed by atoms with van der Waals surface area (Å²) in [7, 11) is 0. The van der Waals surface area contributed by atoms with E-state index >= 15 is 0 Å². The molecular formula is C24H28IN5O2. The summed E-state index contributed by atoms with van der Waals surface area (Å²) >= 11 is 0. The standard InChI is InChI=1S/C24H27N5O2.HI/c1-2-25-24(27-17-20-15-22(31-28-20)19-7-4-3-5-8-19)26-16-18-10-12-21(13-11-18)29-14-6-9-23(29)30;/h3-5,7-8,10-13,15H,2,6,9,14,16-17H2,1H3,(H2,25,26,27);1H. The SMILES string of the molecule is CCNC(=NCc1ccc(N2CCCC2=O)cc1)NCc1cc(-c2ccccc2)on1.I. The fraction of sp³-hybridized carbons (Fsp3) is 0.292. The Hall–Kier alpha value is -2.88. The van der Waals surface area contributed by atoms with E-state index in [-0.39, 0.29) is 29.9 Å². The molecule has 0 aliphatic carbocycles. The van der Waals surface area contributed by atoms with Gasteiger partial charge < -0.3 is 20.1 Å². The summed E-state index contributed by atoms with van der Waals surface area (Å²) in [5.41, 5.74) is 3.85. The summed E-state index contributed by atoms with van der Waals surface area (Å²) < 4.78 is 5.45. The van der Waals surface area contributed by atoms with E-state index in [0.29, 0.717) is 25.5 Å². The van der Waals surface area contributed by atoms with E-state index in [9.17, 15) is 4.79 Å². The van der Waals surface area contributed by atoms with E-state index in [1.54, 1.807) is 0 Å². The van der Waals surface area contributed by atoms with Gasteiger partial charge in [0, 0.05) is 36.8 Å². The van der Waals surface area contributed by atoms with Gasteiger partial charge in [-0.2, -0.15) is 0 Å². The highest BCUT2D eigenvalue weighted by Gasteiger charge is 2.21. The fourth-order valence-electron chi connectivity index (χ4n) is 3.52. The molecule has 0 unspecified atom stereocenters. The van der Waals surface area contributed by atoms with E-state index in [2.05, 4.69) is 20.8 Å². The van der Waals surface area contributed by atoms with Crippen molar-refractivity contribution in [2.45, 2.75) is 32.9 Å². The third-order valence-electron chi connectivity index (χ3n) is 5.14. The van der Waals surface area contributed by atoms with Crippen molar-refractivity contribution in [3.8, 4) is 11.3 Å². The number of carbonyl (C=O) groups excluding carboxylic acids is 1. The van der Waals surface area contributed by atoms with Crippen LogP contribution in [0.2, 0.25) is 0 Å². The van der Waals surface area contributed by atoms with E-state index in [0.717, 1.165) is 47.8 Å². The minimum Gasteiger partial charge on any atom is -0.357 e. The number of amides is 1. The molecule has 168 valence electrons. The van der Waals surface area contributed by atoms with Gasteiger partial charge >= 0.3 is 0 Å². The van der Waals surface area contributed by atoms with Crippen LogP contribution in [-0.2, 0) is 17.9 Å². The van der Waals surface area contributed by atoms with Crippen LogP contribution in [0.1, 0.15) is 31.0 Å². The average molecular weight is 545 g/mol. The molecule has 2 N–H and O–H groups in total. The van der Waals surface area contributed by atoms with E-state index in [1.165, 1.54) is 0 Å². The summed E-state index contributed by atoms with van der Waals surface area (Å²) in [4.78, 5) is 18.4. The lowest BCUT2D eigenvalue weighted by molar-refractivity contribution is -0.117. The molecule has 0 spiro atoms. The smallest absolute Gasteiger partial charge is 0.227 e. The van der Waals surface area contributed by atoms with Crippen molar-refractivity contribution in [2.75, 3.05) is 18.0 Å². The third kappa shape index (κ3) is 6.09. The van der Waals surface area contributed by atoms with Crippen LogP contribution in [0.5, 0.6) is 0 Å². The van der Waals surface area contributed by atoms with Crippen LogP contribution in [-0.4, -0.2) is 30.1 Å². The Labute approximate surface area is 205 Å². The maximum atomic E-state index is 11.9. The van der Waals surface area contributed by atoms with Crippen LogP contribution < -0.4 is 15.5 Å². The number of nitrogens with zero attached hydrogens (tertiary/aromatic N) is 3. The summed E-state index contributed by atoms with van der Waals surface area (Å²) in [6.07, 6.45) is 1.57. The highest BCUT2D eigenvalue weighted by molar-refractivity contribution is 14.0. The Balaban J connectivity index is 0.00000289. The lowest BCUT2D eigenvalue weighted by atomic mass is 10.2. The molecule has 1 saturated heterocycles. The molecule has 8 heteroatoms. The maximum absolute atomic E-state index is 11.9. The second kappa shape index (κ2) is 11.7. The van der Waals surface area contributed by atoms with Crippen LogP contribution in [0.15, 0.2) is 70.2 Å². The zero-order chi connectivity index (χ0) is 21.5. The molecule has 1 aliphatic heterocycles. The zero-order valence-corrected chi connectivity index (χ0v) is 20.4. The van der Waals surface area contributed by atoms with Gasteiger partial charge in [0.2, 0.25) is 5.91 Å². The first-order valence-electron chi connectivity index (χ1n) is 10.7. The van der Waals surface area contributed by atoms with Crippen molar-refractivity contribution in [1.82, 2.24) is 15.8 Å². The zero-order valence-electron chi connectivity index (χ0n) is 18.1. The van der Waals surface area contributed by atoms with Gasteiger partial charge in [0.15, 0.2) is 11.7 Å². The molecular weight excluding hydrogens is 517 g/mol. The first-order valence-corrected chi connectivity index (χ1v) is 10.7. The van der Waals surface area contributed by atoms with Crippen molar-refractivity contribution in [1.29, 1.82) is 0 Å². The number of hydrogen-bond acceptors (Lipinski definition) is 4. The Morgan fingerprint density at radius 1 is 1.12 bits per heavy atom. The summed E-state index contributed by atoms with van der Waals surface area (Å²) in [5.74, 6) is 1.66. The molecule has 2 heterocycles. The predicted octanol–water partition coefficient (Wildman–Crippen LogP) is 4.34. The largest absolute Gasteiger partial charge is 0.357 e. The number of nitrogens with one attached hydrogen (secondary N) is 2. The normalized spacial score (nSPS) is 13.7. The molecule has 4 rings (SSSR count). The van der Waals surface area contributed by atoms with Crippen LogP contribution >= 0.6 is 24.0 Å². The number of anilines is 1. The average Bonchev–Trinajstić information content (AvgIpc) is 3.46. The number of hydrogen-bond donors (Lipinski definition) is 2. The number of carbonyl (C=O) groups is 1. The molecule has 1 amide bonds. The van der Waals surface area contributed by atoms with E-state index in [1.807, 2.05) is 72.5 Å². The summed E-state index contributed by atoms with van der Waals surface area (Å²) in [5, 5.41) is 10.7. The molecule has 0 atom stereocenters. The van der Waals surface area contributed by atoms with Crippen molar-refractivity contribution in [3.05, 3.63) is 71.9 Å². The number of halogens is 1. The Kier molecular flexibility index (Phi) is 8.66. The van der Waals surface area contributed by atoms with Crippen molar-refractivity contribution in [3.63, 3.8) is 0 Å². The Bertz CT molecular complexity index is 1030. The molecule has 32 heavy (non-hydrogen) atoms. The number of benzene rings is 2. The van der Waals surface area contributed by atoms with Crippen LogP contribution in [0.4, 0.5) is 5.69 Å². The van der Waals surface area contributed by atoms with Gasteiger partial charge in [0.05, 0.1) is 13.1 Å². The topological polar surface area (TPSA) is 82.8 Å². The van der Waals surface area contributed by atoms with Crippen LogP contribution in [0, 0.1) is 0 Å². The van der Waals surface area contributed by atoms with Crippen molar-refractivity contribution < 1.29 is 9.32 Å². The highest BCUT2D eigenvalue weighted by atomic mass is 127. The van der Waals surface area contributed by atoms with Crippen molar-refractivity contribution >= 4 is 41.5 Å². The summed E-state index contributed by atoms with van der Waals surface area (Å²) in [6.45, 7) is 4.65. The van der Waals surface area contributed by atoms with Gasteiger partial charge in [-0.15, -0.1) is 24.0 Å². The first-order chi connectivity index (χ1) is 15.2. The molecule has 1 aliphatic rings. The van der Waals surface area contributed by atoms with Gasteiger partial charge in [-0.1, -0.05) is 47.6 Å². The Morgan fingerprint density at radius 2 is 1.91 bits per heavy atom. The molecule has 0 bridgehead atoms. The second-order valence-corrected chi connectivity index (χ2v) is 7.41. The van der Waals surface area contributed by atoms with Gasteiger partial charge in [-0.25, -0.2) is 4.99 Å². The molecule has 0 saturated carbocycles. The monoisotopic (exact) mass is 545 g/mol. The summed E-state index contributed by atoms with van der Waals surface area (Å²) in [6, 6.07) is 19.9. The number of guanidine groups is 1. The van der Waals surface area contributed by atoms with Gasteiger partial charge in [-0.3, -0.25) is 4.79 Å². The third-order valence-corrected chi connectivity index (χ3v) is 5.14. The minimum atomic E-state index is 0. The van der Waals surface area contributed by atoms with Crippen LogP contribution in [0.25, 0.3) is 11.3 Å². The maximum Gasteiger partial charge on any atom is 0.227 e. The first kappa shape index (κ1) is 23.8. The molecule has 1 aromatic heterocycles. The Morgan fingerprint density at radius 3 is 2.59 bits per heavy atom. The number of rotatable bonds is 7. The van der Waals surface area contributed by atoms with Gasteiger partial charge in [0.25, 0.3) is 0 Å². The predicted molar refractivity (Wildman–Crippen MR) is 137 cm³/mol. The molecule has 2 aromatic carbocycles. The van der Waals surface area contributed by atoms with Gasteiger partial charge in [0.1, 0.15) is 5.69 Å². The van der Waals surface area contributed by atoms with Crippen molar-refractivity contribution in [2.24, 2.45) is 4.99 Å². The molecule has 3 aromatic rings. The molecule has 7 nitrogen and oxygen atoms in total. The lowest BCUT2D eigenvalue weighted by Crippen LogP contribution is -2.36.